The smallest absolute Gasteiger partial charge is 0.270 e. The Labute approximate surface area is 95.6 Å². The molecule has 2 rings (SSSR count). The number of benzene rings is 1. The fourth-order valence-corrected chi connectivity index (χ4v) is 1.71. The molecule has 1 aromatic carbocycles. The minimum Gasteiger partial charge on any atom is -0.298 e. The Morgan fingerprint density at radius 1 is 1.47 bits per heavy atom. The summed E-state index contributed by atoms with van der Waals surface area (Å²) in [5.74, 6) is -0.253. The maximum atomic E-state index is 11.3. The summed E-state index contributed by atoms with van der Waals surface area (Å²) in [6.07, 6.45) is 1.95. The second kappa shape index (κ2) is 3.82. The predicted octanol–water partition coefficient (Wildman–Crippen LogP) is 2.02. The normalized spacial score (nSPS) is 10.4. The molecule has 0 radical (unpaired) electrons. The van der Waals surface area contributed by atoms with E-state index in [2.05, 4.69) is 0 Å². The van der Waals surface area contributed by atoms with Crippen molar-refractivity contribution in [2.75, 3.05) is 0 Å². The van der Waals surface area contributed by atoms with Gasteiger partial charge in [0.15, 0.2) is 6.29 Å². The zero-order valence-electron chi connectivity index (χ0n) is 8.91. The molecular weight excluding hydrogens is 224 g/mol. The van der Waals surface area contributed by atoms with Gasteiger partial charge in [0.05, 0.1) is 10.4 Å². The molecule has 0 atom stereocenters. The summed E-state index contributed by atoms with van der Waals surface area (Å²) in [4.78, 5) is 32.2. The largest absolute Gasteiger partial charge is 0.298 e. The van der Waals surface area contributed by atoms with Crippen molar-refractivity contribution in [2.45, 2.75) is 6.92 Å². The number of aldehydes is 1. The first-order valence-corrected chi connectivity index (χ1v) is 4.80. The fraction of sp³-hybridized carbons (Fsp3) is 0.0909. The molecule has 6 nitrogen and oxygen atoms in total. The van der Waals surface area contributed by atoms with Crippen LogP contribution in [-0.4, -0.2) is 21.7 Å². The third-order valence-electron chi connectivity index (χ3n) is 2.50. The molecule has 0 bridgehead atoms. The Morgan fingerprint density at radius 2 is 2.18 bits per heavy atom. The number of carbonyl (C=O) groups is 2. The summed E-state index contributed by atoms with van der Waals surface area (Å²) in [5.41, 5.74) is 0.644. The monoisotopic (exact) mass is 232 g/mol. The van der Waals surface area contributed by atoms with Crippen LogP contribution in [0.1, 0.15) is 22.1 Å². The van der Waals surface area contributed by atoms with Gasteiger partial charge in [0.2, 0.25) is 5.91 Å². The number of nitro groups is 1. The molecule has 1 heterocycles. The Morgan fingerprint density at radius 3 is 2.71 bits per heavy atom. The second-order valence-corrected chi connectivity index (χ2v) is 3.55. The molecule has 0 aliphatic heterocycles. The lowest BCUT2D eigenvalue weighted by molar-refractivity contribution is -0.384. The van der Waals surface area contributed by atoms with E-state index in [0.29, 0.717) is 17.2 Å². The molecule has 0 saturated heterocycles. The Kier molecular flexibility index (Phi) is 2.47. The van der Waals surface area contributed by atoms with Crippen molar-refractivity contribution in [1.82, 2.24) is 4.57 Å². The highest BCUT2D eigenvalue weighted by Gasteiger charge is 2.14. The summed E-state index contributed by atoms with van der Waals surface area (Å²) >= 11 is 0. The quantitative estimate of drug-likeness (QED) is 0.450. The molecule has 86 valence electrons. The van der Waals surface area contributed by atoms with Crippen LogP contribution in [0, 0.1) is 10.1 Å². The molecule has 1 aromatic heterocycles. The van der Waals surface area contributed by atoms with E-state index in [4.69, 9.17) is 0 Å². The predicted molar refractivity (Wildman–Crippen MR) is 60.3 cm³/mol. The van der Waals surface area contributed by atoms with Gasteiger partial charge < -0.3 is 0 Å². The van der Waals surface area contributed by atoms with E-state index in [1.54, 1.807) is 0 Å². The number of rotatable bonds is 2. The maximum absolute atomic E-state index is 11.3. The summed E-state index contributed by atoms with van der Waals surface area (Å²) in [6.45, 7) is 1.36. The first-order valence-electron chi connectivity index (χ1n) is 4.80. The van der Waals surface area contributed by atoms with Crippen LogP contribution in [0.5, 0.6) is 0 Å². The van der Waals surface area contributed by atoms with Crippen molar-refractivity contribution in [3.05, 3.63) is 40.1 Å². The maximum Gasteiger partial charge on any atom is 0.270 e. The van der Waals surface area contributed by atoms with E-state index in [-0.39, 0.29) is 17.2 Å². The average Bonchev–Trinajstić information content (AvgIpc) is 2.66. The van der Waals surface area contributed by atoms with Crippen LogP contribution in [0.2, 0.25) is 0 Å². The van der Waals surface area contributed by atoms with Crippen molar-refractivity contribution in [3.8, 4) is 0 Å². The summed E-state index contributed by atoms with van der Waals surface area (Å²) in [5, 5.41) is 11.0. The van der Waals surface area contributed by atoms with Gasteiger partial charge in [-0.25, -0.2) is 0 Å². The van der Waals surface area contributed by atoms with Gasteiger partial charge in [-0.1, -0.05) is 0 Å². The highest BCUT2D eigenvalue weighted by atomic mass is 16.6. The number of nitro benzene ring substituents is 1. The molecule has 0 unspecified atom stereocenters. The van der Waals surface area contributed by atoms with Crippen LogP contribution in [0.3, 0.4) is 0 Å². The van der Waals surface area contributed by atoms with Gasteiger partial charge >= 0.3 is 0 Å². The highest BCUT2D eigenvalue weighted by Crippen LogP contribution is 2.25. The zero-order chi connectivity index (χ0) is 12.6. The standard InChI is InChI=1S/C11H8N2O4/c1-7(15)12-5-8(6-14)10-4-9(13(16)17)2-3-11(10)12/h2-6H,1H3. The molecule has 17 heavy (non-hydrogen) atoms. The van der Waals surface area contributed by atoms with Crippen molar-refractivity contribution < 1.29 is 14.5 Å². The van der Waals surface area contributed by atoms with Gasteiger partial charge in [-0.15, -0.1) is 0 Å². The molecule has 0 spiro atoms. The molecule has 2 aromatic rings. The lowest BCUT2D eigenvalue weighted by Crippen LogP contribution is -2.02. The number of non-ortho nitro benzene ring substituents is 1. The van der Waals surface area contributed by atoms with Gasteiger partial charge in [-0.05, 0) is 6.07 Å². The Balaban J connectivity index is 2.81. The van der Waals surface area contributed by atoms with Crippen molar-refractivity contribution in [3.63, 3.8) is 0 Å². The SMILES string of the molecule is CC(=O)n1cc(C=O)c2cc([N+](=O)[O-])ccc21. The van der Waals surface area contributed by atoms with E-state index < -0.39 is 4.92 Å². The molecule has 6 heteroatoms. The first kappa shape index (κ1) is 11.0. The van der Waals surface area contributed by atoms with Gasteiger partial charge in [-0.3, -0.25) is 24.3 Å². The van der Waals surface area contributed by atoms with Gasteiger partial charge in [0, 0.05) is 36.2 Å². The summed E-state index contributed by atoms with van der Waals surface area (Å²) < 4.78 is 1.29. The number of hydrogen-bond acceptors (Lipinski definition) is 4. The fourth-order valence-electron chi connectivity index (χ4n) is 1.71. The van der Waals surface area contributed by atoms with E-state index in [0.717, 1.165) is 0 Å². The van der Waals surface area contributed by atoms with E-state index >= 15 is 0 Å². The Hall–Kier alpha value is -2.50. The number of hydrogen-bond donors (Lipinski definition) is 0. The van der Waals surface area contributed by atoms with Crippen molar-refractivity contribution in [2.24, 2.45) is 0 Å². The summed E-state index contributed by atoms with van der Waals surface area (Å²) in [6, 6.07) is 4.05. The molecule has 0 aliphatic rings. The van der Waals surface area contributed by atoms with Crippen molar-refractivity contribution in [1.29, 1.82) is 0 Å². The molecule has 0 amide bonds. The molecular formula is C11H8N2O4. The van der Waals surface area contributed by atoms with Crippen LogP contribution < -0.4 is 0 Å². The molecule has 0 fully saturated rings. The van der Waals surface area contributed by atoms with Gasteiger partial charge in [0.25, 0.3) is 5.69 Å². The minimum atomic E-state index is -0.543. The third-order valence-corrected chi connectivity index (χ3v) is 2.50. The lowest BCUT2D eigenvalue weighted by atomic mass is 10.2. The zero-order valence-corrected chi connectivity index (χ0v) is 8.91. The van der Waals surface area contributed by atoms with Crippen LogP contribution in [0.15, 0.2) is 24.4 Å². The first-order chi connectivity index (χ1) is 8.04. The van der Waals surface area contributed by atoms with E-state index in [1.807, 2.05) is 0 Å². The van der Waals surface area contributed by atoms with Crippen LogP contribution in [0.4, 0.5) is 5.69 Å². The molecule has 0 aliphatic carbocycles. The average molecular weight is 232 g/mol. The van der Waals surface area contributed by atoms with Gasteiger partial charge in [-0.2, -0.15) is 0 Å². The number of aromatic nitrogens is 1. The van der Waals surface area contributed by atoms with Crippen molar-refractivity contribution >= 4 is 28.8 Å². The molecule has 0 N–H and O–H groups in total. The van der Waals surface area contributed by atoms with Gasteiger partial charge in [0.1, 0.15) is 0 Å². The minimum absolute atomic E-state index is 0.109. The highest BCUT2D eigenvalue weighted by molar-refractivity contribution is 6.02. The number of nitrogens with zero attached hydrogens (tertiary/aromatic N) is 2. The van der Waals surface area contributed by atoms with Crippen LogP contribution in [0.25, 0.3) is 10.9 Å². The van der Waals surface area contributed by atoms with E-state index in [9.17, 15) is 19.7 Å². The van der Waals surface area contributed by atoms with Crippen LogP contribution >= 0.6 is 0 Å². The summed E-state index contributed by atoms with van der Waals surface area (Å²) in [7, 11) is 0. The Bertz CT molecular complexity index is 642. The lowest BCUT2D eigenvalue weighted by Gasteiger charge is -1.98. The number of fused-ring (bicyclic) bond motifs is 1. The number of carbonyl (C=O) groups excluding carboxylic acids is 2. The second-order valence-electron chi connectivity index (χ2n) is 3.55. The molecule has 0 saturated carbocycles. The van der Waals surface area contributed by atoms with E-state index in [1.165, 1.54) is 35.9 Å². The topological polar surface area (TPSA) is 82.2 Å². The third kappa shape index (κ3) is 1.69. The van der Waals surface area contributed by atoms with Crippen LogP contribution in [-0.2, 0) is 0 Å².